The first-order chi connectivity index (χ1) is 6.74. The van der Waals surface area contributed by atoms with Gasteiger partial charge in [-0.2, -0.15) is 0 Å². The van der Waals surface area contributed by atoms with Crippen LogP contribution >= 0.6 is 0 Å². The summed E-state index contributed by atoms with van der Waals surface area (Å²) < 4.78 is 5.48. The fourth-order valence-electron chi connectivity index (χ4n) is 2.08. The quantitative estimate of drug-likeness (QED) is 0.367. The molecule has 3 heteroatoms. The summed E-state index contributed by atoms with van der Waals surface area (Å²) in [6.07, 6.45) is 2.78. The van der Waals surface area contributed by atoms with Crippen LogP contribution in [0.4, 0.5) is 0 Å². The van der Waals surface area contributed by atoms with E-state index in [0.29, 0.717) is 0 Å². The molecule has 0 bridgehead atoms. The molecule has 0 atom stereocenters. The molecule has 1 rings (SSSR count). The third kappa shape index (κ3) is 4.45. The molecular formula is C11H23INO-. The molecule has 0 spiro atoms. The van der Waals surface area contributed by atoms with E-state index in [1.165, 1.54) is 25.9 Å². The van der Waals surface area contributed by atoms with E-state index in [4.69, 9.17) is 3.07 Å². The van der Waals surface area contributed by atoms with E-state index >= 15 is 0 Å². The third-order valence-electron chi connectivity index (χ3n) is 3.17. The Balaban J connectivity index is 2.09. The zero-order valence-corrected chi connectivity index (χ0v) is 11.8. The van der Waals surface area contributed by atoms with Crippen LogP contribution in [0.15, 0.2) is 0 Å². The molecule has 1 saturated heterocycles. The SMILES string of the molecule is C[I-]OCCN1CCC(C(C)C)CC1. The van der Waals surface area contributed by atoms with Crippen LogP contribution < -0.4 is 21.6 Å². The van der Waals surface area contributed by atoms with Crippen LogP contribution in [0.5, 0.6) is 0 Å². The average molecular weight is 312 g/mol. The second-order valence-electron chi connectivity index (χ2n) is 4.39. The molecule has 0 radical (unpaired) electrons. The van der Waals surface area contributed by atoms with Gasteiger partial charge in [-0.15, -0.1) is 0 Å². The number of rotatable bonds is 5. The Kier molecular flexibility index (Phi) is 6.37. The summed E-state index contributed by atoms with van der Waals surface area (Å²) in [5.74, 6) is 1.83. The van der Waals surface area contributed by atoms with Crippen LogP contribution in [0, 0.1) is 11.8 Å². The Morgan fingerprint density at radius 2 is 2.00 bits per heavy atom. The van der Waals surface area contributed by atoms with Crippen LogP contribution in [0.1, 0.15) is 26.7 Å². The first kappa shape index (κ1) is 12.7. The van der Waals surface area contributed by atoms with Crippen LogP contribution in [0.25, 0.3) is 0 Å². The van der Waals surface area contributed by atoms with Gasteiger partial charge in [0.15, 0.2) is 0 Å². The number of nitrogens with zero attached hydrogens (tertiary/aromatic N) is 1. The molecule has 0 aliphatic carbocycles. The Hall–Kier alpha value is 0.650. The second kappa shape index (κ2) is 7.01. The number of hydrogen-bond acceptors (Lipinski definition) is 2. The van der Waals surface area contributed by atoms with Crippen molar-refractivity contribution in [3.05, 3.63) is 0 Å². The summed E-state index contributed by atoms with van der Waals surface area (Å²) in [4.78, 5) is 4.72. The standard InChI is InChI=1S/C11H23INO/c1-10(2)11-4-6-13(7-5-11)8-9-14-12-3/h10-11H,4-9H2,1-3H3/q-1. The summed E-state index contributed by atoms with van der Waals surface area (Å²) in [6, 6.07) is 0. The molecule has 0 unspecified atom stereocenters. The topological polar surface area (TPSA) is 12.5 Å². The molecule has 0 aromatic rings. The van der Waals surface area contributed by atoms with E-state index in [9.17, 15) is 0 Å². The molecule has 1 fully saturated rings. The van der Waals surface area contributed by atoms with Crippen molar-refractivity contribution in [1.29, 1.82) is 0 Å². The first-order valence-corrected chi connectivity index (χ1v) is 8.61. The van der Waals surface area contributed by atoms with Gasteiger partial charge in [0.1, 0.15) is 0 Å². The van der Waals surface area contributed by atoms with Crippen LogP contribution in [0.3, 0.4) is 0 Å². The van der Waals surface area contributed by atoms with Crippen LogP contribution in [0.2, 0.25) is 0 Å². The van der Waals surface area contributed by atoms with Gasteiger partial charge in [-0.1, -0.05) is 0 Å². The van der Waals surface area contributed by atoms with Gasteiger partial charge in [-0.25, -0.2) is 0 Å². The van der Waals surface area contributed by atoms with E-state index < -0.39 is 0 Å². The van der Waals surface area contributed by atoms with Crippen molar-refractivity contribution in [2.75, 3.05) is 31.2 Å². The maximum absolute atomic E-state index is 5.48. The van der Waals surface area contributed by atoms with Crippen molar-refractivity contribution in [2.24, 2.45) is 11.8 Å². The van der Waals surface area contributed by atoms with Gasteiger partial charge in [0.05, 0.1) is 0 Å². The molecule has 1 aliphatic heterocycles. The monoisotopic (exact) mass is 312 g/mol. The average Bonchev–Trinajstić information content (AvgIpc) is 2.19. The minimum atomic E-state index is 0.0322. The Bertz CT molecular complexity index is 144. The van der Waals surface area contributed by atoms with Crippen molar-refractivity contribution < 1.29 is 24.7 Å². The third-order valence-corrected chi connectivity index (χ3v) is 4.23. The second-order valence-corrected chi connectivity index (χ2v) is 5.89. The van der Waals surface area contributed by atoms with Crippen molar-refractivity contribution in [1.82, 2.24) is 4.90 Å². The summed E-state index contributed by atoms with van der Waals surface area (Å²) >= 11 is 0.0322. The Morgan fingerprint density at radius 3 is 2.50 bits per heavy atom. The number of hydrogen-bond donors (Lipinski definition) is 0. The fourth-order valence-corrected chi connectivity index (χ4v) is 2.72. The van der Waals surface area contributed by atoms with Gasteiger partial charge in [-0.05, 0) is 0 Å². The molecule has 0 aromatic carbocycles. The van der Waals surface area contributed by atoms with E-state index in [-0.39, 0.29) is 21.6 Å². The van der Waals surface area contributed by atoms with E-state index in [1.54, 1.807) is 0 Å². The fraction of sp³-hybridized carbons (Fsp3) is 1.00. The van der Waals surface area contributed by atoms with Crippen molar-refractivity contribution in [2.45, 2.75) is 26.7 Å². The number of piperidine rings is 1. The molecule has 0 aromatic heterocycles. The van der Waals surface area contributed by atoms with Gasteiger partial charge in [0, 0.05) is 0 Å². The van der Waals surface area contributed by atoms with Gasteiger partial charge < -0.3 is 0 Å². The number of halogens is 1. The predicted octanol–water partition coefficient (Wildman–Crippen LogP) is -0.995. The van der Waals surface area contributed by atoms with E-state index in [1.807, 2.05) is 0 Å². The Morgan fingerprint density at radius 1 is 1.36 bits per heavy atom. The Labute approximate surface area is 99.2 Å². The molecule has 0 amide bonds. The molecule has 0 N–H and O–H groups in total. The van der Waals surface area contributed by atoms with Gasteiger partial charge in [-0.3, -0.25) is 0 Å². The van der Waals surface area contributed by atoms with E-state index in [2.05, 4.69) is 23.7 Å². The number of likely N-dealkylation sites (tertiary alicyclic amines) is 1. The zero-order chi connectivity index (χ0) is 10.4. The van der Waals surface area contributed by atoms with Gasteiger partial charge in [0.2, 0.25) is 0 Å². The maximum atomic E-state index is 5.48. The molecule has 2 nitrogen and oxygen atoms in total. The predicted molar refractivity (Wildman–Crippen MR) is 55.9 cm³/mol. The summed E-state index contributed by atoms with van der Waals surface area (Å²) in [5.41, 5.74) is 0. The minimum absolute atomic E-state index is 0.0322. The van der Waals surface area contributed by atoms with Gasteiger partial charge >= 0.3 is 99.3 Å². The van der Waals surface area contributed by atoms with Crippen LogP contribution in [-0.2, 0) is 3.07 Å². The van der Waals surface area contributed by atoms with Crippen molar-refractivity contribution >= 4 is 0 Å². The zero-order valence-electron chi connectivity index (χ0n) is 9.63. The summed E-state index contributed by atoms with van der Waals surface area (Å²) in [7, 11) is 0. The molecular weight excluding hydrogens is 289 g/mol. The molecule has 1 heterocycles. The number of alkyl halides is 1. The molecule has 86 valence electrons. The first-order valence-electron chi connectivity index (χ1n) is 5.57. The van der Waals surface area contributed by atoms with Crippen molar-refractivity contribution in [3.8, 4) is 0 Å². The molecule has 14 heavy (non-hydrogen) atoms. The van der Waals surface area contributed by atoms with E-state index in [0.717, 1.165) is 25.0 Å². The van der Waals surface area contributed by atoms with Crippen molar-refractivity contribution in [3.63, 3.8) is 0 Å². The van der Waals surface area contributed by atoms with Crippen LogP contribution in [-0.4, -0.2) is 36.1 Å². The summed E-state index contributed by atoms with van der Waals surface area (Å²) in [5, 5.41) is 0. The summed E-state index contributed by atoms with van der Waals surface area (Å²) in [6.45, 7) is 9.38. The molecule has 1 aliphatic rings. The molecule has 0 saturated carbocycles. The normalized spacial score (nSPS) is 20.9. The van der Waals surface area contributed by atoms with Gasteiger partial charge in [0.25, 0.3) is 0 Å².